The van der Waals surface area contributed by atoms with Crippen molar-refractivity contribution >= 4 is 17.6 Å². The second-order valence-electron chi connectivity index (χ2n) is 5.62. The van der Waals surface area contributed by atoms with Crippen LogP contribution in [0.2, 0.25) is 5.02 Å². The van der Waals surface area contributed by atoms with Gasteiger partial charge in [0.2, 0.25) is 0 Å². The summed E-state index contributed by atoms with van der Waals surface area (Å²) in [5, 5.41) is 13.3. The number of hydrogen-bond acceptors (Lipinski definition) is 3. The van der Waals surface area contributed by atoms with Gasteiger partial charge in [0.05, 0.1) is 12.7 Å². The van der Waals surface area contributed by atoms with Crippen LogP contribution in [-0.4, -0.2) is 41.8 Å². The number of carbonyl (C=O) groups is 1. The molecule has 2 amide bonds. The number of hydrogen-bond donors (Lipinski definition) is 2. The number of aliphatic hydroxyl groups excluding tert-OH is 1. The van der Waals surface area contributed by atoms with Crippen molar-refractivity contribution in [3.63, 3.8) is 0 Å². The van der Waals surface area contributed by atoms with E-state index in [1.54, 1.807) is 17.0 Å². The van der Waals surface area contributed by atoms with Gasteiger partial charge in [-0.25, -0.2) is 4.79 Å². The van der Waals surface area contributed by atoms with Gasteiger partial charge in [-0.3, -0.25) is 0 Å². The summed E-state index contributed by atoms with van der Waals surface area (Å²) in [5.74, 6) is 0.924. The summed E-state index contributed by atoms with van der Waals surface area (Å²) in [6, 6.07) is 5.21. The maximum absolute atomic E-state index is 12.2. The molecule has 1 heterocycles. The minimum Gasteiger partial charge on any atom is -0.493 e. The van der Waals surface area contributed by atoms with E-state index in [-0.39, 0.29) is 11.9 Å². The molecular formula is C16H23ClN2O3. The number of rotatable bonds is 4. The van der Waals surface area contributed by atoms with E-state index in [1.807, 2.05) is 19.9 Å². The molecule has 2 N–H and O–H groups in total. The molecule has 1 aliphatic heterocycles. The molecule has 0 aliphatic carbocycles. The number of ether oxygens (including phenoxy) is 1. The van der Waals surface area contributed by atoms with E-state index in [9.17, 15) is 9.90 Å². The maximum Gasteiger partial charge on any atom is 0.317 e. The number of urea groups is 1. The molecule has 1 saturated heterocycles. The van der Waals surface area contributed by atoms with Gasteiger partial charge in [-0.05, 0) is 31.4 Å². The maximum atomic E-state index is 12.2. The van der Waals surface area contributed by atoms with Gasteiger partial charge < -0.3 is 20.1 Å². The molecule has 6 heteroatoms. The molecule has 0 spiro atoms. The Morgan fingerprint density at radius 1 is 1.55 bits per heavy atom. The summed E-state index contributed by atoms with van der Waals surface area (Å²) in [4.78, 5) is 13.9. The highest BCUT2D eigenvalue weighted by Crippen LogP contribution is 2.23. The first-order valence-corrected chi connectivity index (χ1v) is 8.01. The molecule has 22 heavy (non-hydrogen) atoms. The summed E-state index contributed by atoms with van der Waals surface area (Å²) < 4.78 is 5.54. The summed E-state index contributed by atoms with van der Waals surface area (Å²) in [6.45, 7) is 5.86. The van der Waals surface area contributed by atoms with Gasteiger partial charge in [-0.2, -0.15) is 0 Å². The van der Waals surface area contributed by atoms with Gasteiger partial charge in [-0.1, -0.05) is 24.6 Å². The largest absolute Gasteiger partial charge is 0.493 e. The third-order valence-electron chi connectivity index (χ3n) is 3.96. The van der Waals surface area contributed by atoms with Crippen LogP contribution >= 0.6 is 11.6 Å². The fourth-order valence-electron chi connectivity index (χ4n) is 2.48. The third-order valence-corrected chi connectivity index (χ3v) is 4.20. The fourth-order valence-corrected chi connectivity index (χ4v) is 2.64. The Hall–Kier alpha value is -1.46. The van der Waals surface area contributed by atoms with Gasteiger partial charge in [0.25, 0.3) is 0 Å². The second kappa shape index (κ2) is 7.70. The Balaban J connectivity index is 1.94. The molecule has 2 rings (SSSR count). The zero-order valence-electron chi connectivity index (χ0n) is 13.0. The van der Waals surface area contributed by atoms with Crippen molar-refractivity contribution < 1.29 is 14.6 Å². The van der Waals surface area contributed by atoms with Crippen LogP contribution in [0.15, 0.2) is 18.2 Å². The zero-order chi connectivity index (χ0) is 16.1. The molecule has 2 unspecified atom stereocenters. The number of benzene rings is 1. The first-order chi connectivity index (χ1) is 10.5. The van der Waals surface area contributed by atoms with Crippen molar-refractivity contribution in [2.75, 3.05) is 19.7 Å². The van der Waals surface area contributed by atoms with E-state index in [4.69, 9.17) is 16.3 Å². The monoisotopic (exact) mass is 326 g/mol. The molecule has 1 aromatic carbocycles. The molecule has 2 atom stereocenters. The van der Waals surface area contributed by atoms with Crippen LogP contribution in [0.4, 0.5) is 4.79 Å². The fraction of sp³-hybridized carbons (Fsp3) is 0.562. The van der Waals surface area contributed by atoms with Gasteiger partial charge in [0.1, 0.15) is 5.75 Å². The number of aliphatic hydroxyl groups is 1. The first kappa shape index (κ1) is 16.9. The summed E-state index contributed by atoms with van der Waals surface area (Å²) in [5.41, 5.74) is 0.880. The summed E-state index contributed by atoms with van der Waals surface area (Å²) in [7, 11) is 0. The average Bonchev–Trinajstić information content (AvgIpc) is 2.49. The highest BCUT2D eigenvalue weighted by Gasteiger charge is 2.27. The minimum atomic E-state index is -0.450. The van der Waals surface area contributed by atoms with E-state index in [2.05, 4.69) is 5.32 Å². The smallest absolute Gasteiger partial charge is 0.317 e. The molecule has 1 aliphatic rings. The van der Waals surface area contributed by atoms with Crippen molar-refractivity contribution in [1.82, 2.24) is 10.2 Å². The molecule has 0 aromatic heterocycles. The molecular weight excluding hydrogens is 304 g/mol. The van der Waals surface area contributed by atoms with Crippen LogP contribution in [0.1, 0.15) is 25.8 Å². The van der Waals surface area contributed by atoms with Gasteiger partial charge in [0.15, 0.2) is 0 Å². The van der Waals surface area contributed by atoms with E-state index in [0.29, 0.717) is 37.0 Å². The van der Waals surface area contributed by atoms with Crippen LogP contribution in [0, 0.1) is 5.92 Å². The SMILES string of the molecule is CCOc1cc(Cl)ccc1CNC(=O)N1CCC(C)C(O)C1. The molecule has 0 saturated carbocycles. The van der Waals surface area contributed by atoms with Gasteiger partial charge in [-0.15, -0.1) is 0 Å². The van der Waals surface area contributed by atoms with Crippen LogP contribution in [0.25, 0.3) is 0 Å². The Labute approximate surface area is 136 Å². The van der Waals surface area contributed by atoms with Crippen molar-refractivity contribution in [3.8, 4) is 5.75 Å². The third kappa shape index (κ3) is 4.27. The van der Waals surface area contributed by atoms with Crippen molar-refractivity contribution in [1.29, 1.82) is 0 Å². The Morgan fingerprint density at radius 2 is 2.32 bits per heavy atom. The number of likely N-dealkylation sites (tertiary alicyclic amines) is 1. The zero-order valence-corrected chi connectivity index (χ0v) is 13.8. The van der Waals surface area contributed by atoms with E-state index in [1.165, 1.54) is 0 Å². The molecule has 1 fully saturated rings. The quantitative estimate of drug-likeness (QED) is 0.894. The Kier molecular flexibility index (Phi) is 5.91. The standard InChI is InChI=1S/C16H23ClN2O3/c1-3-22-15-8-13(17)5-4-12(15)9-18-16(21)19-7-6-11(2)14(20)10-19/h4-5,8,11,14,20H,3,6-7,9-10H2,1-2H3,(H,18,21). The average molecular weight is 327 g/mol. The number of halogens is 1. The lowest BCUT2D eigenvalue weighted by Gasteiger charge is -2.34. The predicted octanol–water partition coefficient (Wildman–Crippen LogP) is 2.65. The molecule has 0 bridgehead atoms. The van der Waals surface area contributed by atoms with Crippen LogP contribution in [-0.2, 0) is 6.54 Å². The van der Waals surface area contributed by atoms with E-state index < -0.39 is 6.10 Å². The number of carbonyl (C=O) groups excluding carboxylic acids is 1. The van der Waals surface area contributed by atoms with Crippen molar-refractivity contribution in [2.24, 2.45) is 5.92 Å². The van der Waals surface area contributed by atoms with E-state index >= 15 is 0 Å². The van der Waals surface area contributed by atoms with Gasteiger partial charge in [0, 0.05) is 30.2 Å². The highest BCUT2D eigenvalue weighted by atomic mass is 35.5. The normalized spacial score (nSPS) is 21.5. The minimum absolute atomic E-state index is 0.164. The van der Waals surface area contributed by atoms with E-state index in [0.717, 1.165) is 12.0 Å². The van der Waals surface area contributed by atoms with Crippen LogP contribution in [0.5, 0.6) is 5.75 Å². The molecule has 0 radical (unpaired) electrons. The lowest BCUT2D eigenvalue weighted by Crippen LogP contribution is -2.49. The summed E-state index contributed by atoms with van der Waals surface area (Å²) >= 11 is 5.96. The highest BCUT2D eigenvalue weighted by molar-refractivity contribution is 6.30. The van der Waals surface area contributed by atoms with Crippen molar-refractivity contribution in [2.45, 2.75) is 32.9 Å². The first-order valence-electron chi connectivity index (χ1n) is 7.63. The Bertz CT molecular complexity index is 524. The number of nitrogens with one attached hydrogen (secondary N) is 1. The van der Waals surface area contributed by atoms with Crippen LogP contribution in [0.3, 0.4) is 0 Å². The number of nitrogens with zero attached hydrogens (tertiary/aromatic N) is 1. The Morgan fingerprint density at radius 3 is 3.00 bits per heavy atom. The molecule has 5 nitrogen and oxygen atoms in total. The summed E-state index contributed by atoms with van der Waals surface area (Å²) in [6.07, 6.45) is 0.369. The lowest BCUT2D eigenvalue weighted by atomic mass is 9.96. The topological polar surface area (TPSA) is 61.8 Å². The lowest BCUT2D eigenvalue weighted by molar-refractivity contribution is 0.0435. The van der Waals surface area contributed by atoms with Crippen LogP contribution < -0.4 is 10.1 Å². The molecule has 122 valence electrons. The second-order valence-corrected chi connectivity index (χ2v) is 6.06. The number of amides is 2. The number of piperidine rings is 1. The number of β-amino-alcohol motifs (C(OH)–C–C–N with tert-alkyl or cyclic N) is 1. The molecule has 1 aromatic rings. The van der Waals surface area contributed by atoms with Gasteiger partial charge >= 0.3 is 6.03 Å². The predicted molar refractivity (Wildman–Crippen MR) is 86.2 cm³/mol. The van der Waals surface area contributed by atoms with Crippen molar-refractivity contribution in [3.05, 3.63) is 28.8 Å².